The lowest BCUT2D eigenvalue weighted by Crippen LogP contribution is -2.01. The predicted octanol–water partition coefficient (Wildman–Crippen LogP) is 5.88. The number of methoxy groups -OCH3 is 1. The van der Waals surface area contributed by atoms with Gasteiger partial charge in [-0.05, 0) is 66.6 Å². The fourth-order valence-corrected chi connectivity index (χ4v) is 2.89. The lowest BCUT2D eigenvalue weighted by atomic mass is 10.0. The van der Waals surface area contributed by atoms with Crippen LogP contribution in [0.3, 0.4) is 0 Å². The van der Waals surface area contributed by atoms with E-state index in [9.17, 15) is 9.65 Å². The maximum atomic E-state index is 13.8. The minimum absolute atomic E-state index is 0.0945. The molecule has 3 aromatic carbocycles. The number of rotatable bonds is 8. The second-order valence-electron chi connectivity index (χ2n) is 6.42. The smallest absolute Gasteiger partial charge is 0.161 e. The first-order valence-corrected chi connectivity index (χ1v) is 9.54. The highest BCUT2D eigenvalue weighted by atomic mass is 19.1. The molecule has 5 heteroatoms. The Balaban J connectivity index is 1.85. The van der Waals surface area contributed by atoms with Crippen molar-refractivity contribution < 1.29 is 18.6 Å². The van der Waals surface area contributed by atoms with E-state index in [1.165, 1.54) is 6.07 Å². The molecule has 0 spiro atoms. The summed E-state index contributed by atoms with van der Waals surface area (Å²) in [6.45, 7) is 2.42. The Hall–Kier alpha value is -3.78. The fourth-order valence-electron chi connectivity index (χ4n) is 2.89. The molecular formula is C25H22FNO3. The van der Waals surface area contributed by atoms with Crippen molar-refractivity contribution in [1.82, 2.24) is 0 Å². The number of hydrogen-bond acceptors (Lipinski definition) is 4. The summed E-state index contributed by atoms with van der Waals surface area (Å²) < 4.78 is 30.5. The van der Waals surface area contributed by atoms with Crippen LogP contribution >= 0.6 is 0 Å². The van der Waals surface area contributed by atoms with Gasteiger partial charge in [0, 0.05) is 5.56 Å². The van der Waals surface area contributed by atoms with E-state index >= 15 is 0 Å². The summed E-state index contributed by atoms with van der Waals surface area (Å²) >= 11 is 0. The van der Waals surface area contributed by atoms with E-state index in [1.54, 1.807) is 43.5 Å². The maximum absolute atomic E-state index is 13.8. The van der Waals surface area contributed by atoms with E-state index in [0.29, 0.717) is 29.2 Å². The van der Waals surface area contributed by atoms with Crippen LogP contribution < -0.4 is 14.2 Å². The van der Waals surface area contributed by atoms with Crippen LogP contribution in [0.1, 0.15) is 23.6 Å². The van der Waals surface area contributed by atoms with Gasteiger partial charge >= 0.3 is 0 Å². The molecule has 3 rings (SSSR count). The highest BCUT2D eigenvalue weighted by molar-refractivity contribution is 5.90. The molecule has 0 heterocycles. The highest BCUT2D eigenvalue weighted by Gasteiger charge is 2.09. The van der Waals surface area contributed by atoms with Gasteiger partial charge in [-0.3, -0.25) is 0 Å². The minimum Gasteiger partial charge on any atom is -0.497 e. The summed E-state index contributed by atoms with van der Waals surface area (Å²) in [6.07, 6.45) is 1.78. The number of allylic oxidation sites excluding steroid dienone is 1. The molecule has 30 heavy (non-hydrogen) atoms. The molecule has 0 aliphatic rings. The molecule has 3 aromatic rings. The van der Waals surface area contributed by atoms with Crippen molar-refractivity contribution in [1.29, 1.82) is 5.26 Å². The Bertz CT molecular complexity index is 1070. The van der Waals surface area contributed by atoms with Crippen molar-refractivity contribution in [3.05, 3.63) is 89.2 Å². The molecular weight excluding hydrogens is 381 g/mol. The van der Waals surface area contributed by atoms with Crippen LogP contribution in [0.25, 0.3) is 11.6 Å². The second-order valence-corrected chi connectivity index (χ2v) is 6.42. The first-order valence-electron chi connectivity index (χ1n) is 9.54. The van der Waals surface area contributed by atoms with Crippen LogP contribution in [0.15, 0.2) is 66.7 Å². The van der Waals surface area contributed by atoms with Gasteiger partial charge in [0.2, 0.25) is 0 Å². The number of nitrogens with zero attached hydrogens (tertiary/aromatic N) is 1. The fraction of sp³-hybridized carbons (Fsp3) is 0.160. The Kier molecular flexibility index (Phi) is 7.07. The Morgan fingerprint density at radius 1 is 1.00 bits per heavy atom. The molecule has 0 atom stereocenters. The molecule has 0 radical (unpaired) electrons. The quantitative estimate of drug-likeness (QED) is 0.348. The van der Waals surface area contributed by atoms with Gasteiger partial charge in [-0.2, -0.15) is 5.26 Å². The average molecular weight is 403 g/mol. The summed E-state index contributed by atoms with van der Waals surface area (Å²) in [7, 11) is 1.60. The van der Waals surface area contributed by atoms with Crippen LogP contribution in [0.2, 0.25) is 0 Å². The lowest BCUT2D eigenvalue weighted by molar-refractivity contribution is 0.266. The van der Waals surface area contributed by atoms with Crippen molar-refractivity contribution in [2.75, 3.05) is 13.7 Å². The summed E-state index contributed by atoms with van der Waals surface area (Å²) in [5.41, 5.74) is 2.57. The van der Waals surface area contributed by atoms with Gasteiger partial charge in [-0.1, -0.05) is 24.3 Å². The molecule has 0 fully saturated rings. The van der Waals surface area contributed by atoms with Crippen molar-refractivity contribution in [3.63, 3.8) is 0 Å². The van der Waals surface area contributed by atoms with Gasteiger partial charge in [0.1, 0.15) is 18.2 Å². The molecule has 4 nitrogen and oxygen atoms in total. The minimum atomic E-state index is -0.312. The molecule has 0 aliphatic heterocycles. The number of nitriles is 1. The lowest BCUT2D eigenvalue weighted by Gasteiger charge is -2.13. The molecule has 0 amide bonds. The van der Waals surface area contributed by atoms with Crippen molar-refractivity contribution in [2.24, 2.45) is 0 Å². The number of ether oxygens (including phenoxy) is 3. The Labute approximate surface area is 175 Å². The van der Waals surface area contributed by atoms with E-state index in [-0.39, 0.29) is 12.4 Å². The Morgan fingerprint density at radius 2 is 1.77 bits per heavy atom. The molecule has 152 valence electrons. The van der Waals surface area contributed by atoms with E-state index < -0.39 is 0 Å². The molecule has 0 aromatic heterocycles. The molecule has 0 saturated carbocycles. The predicted molar refractivity (Wildman–Crippen MR) is 115 cm³/mol. The van der Waals surface area contributed by atoms with Crippen LogP contribution in [-0.4, -0.2) is 13.7 Å². The first-order chi connectivity index (χ1) is 14.6. The van der Waals surface area contributed by atoms with Gasteiger partial charge in [-0.15, -0.1) is 0 Å². The molecule has 0 N–H and O–H groups in total. The largest absolute Gasteiger partial charge is 0.497 e. The van der Waals surface area contributed by atoms with Crippen LogP contribution in [-0.2, 0) is 6.61 Å². The number of halogens is 1. The topological polar surface area (TPSA) is 51.5 Å². The van der Waals surface area contributed by atoms with Gasteiger partial charge < -0.3 is 14.2 Å². The average Bonchev–Trinajstić information content (AvgIpc) is 2.78. The van der Waals surface area contributed by atoms with Gasteiger partial charge in [0.05, 0.1) is 25.4 Å². The SMILES string of the molecule is CCOc1cc(/C=C(\C#N)c2ccc(OC)cc2)ccc1OCc1ccccc1F. The maximum Gasteiger partial charge on any atom is 0.161 e. The zero-order valence-corrected chi connectivity index (χ0v) is 16.9. The molecule has 0 bridgehead atoms. The highest BCUT2D eigenvalue weighted by Crippen LogP contribution is 2.31. The van der Waals surface area contributed by atoms with Crippen LogP contribution in [0.5, 0.6) is 17.2 Å². The normalized spacial score (nSPS) is 10.9. The third kappa shape index (κ3) is 5.18. The van der Waals surface area contributed by atoms with Gasteiger partial charge in [0.15, 0.2) is 11.5 Å². The monoisotopic (exact) mass is 403 g/mol. The number of hydrogen-bond donors (Lipinski definition) is 0. The Morgan fingerprint density at radius 3 is 2.43 bits per heavy atom. The van der Waals surface area contributed by atoms with E-state index in [1.807, 2.05) is 37.3 Å². The van der Waals surface area contributed by atoms with E-state index in [2.05, 4.69) is 6.07 Å². The molecule has 0 unspecified atom stereocenters. The number of benzene rings is 3. The molecule has 0 saturated heterocycles. The summed E-state index contributed by atoms with van der Waals surface area (Å²) in [5.74, 6) is 1.47. The van der Waals surface area contributed by atoms with E-state index in [0.717, 1.165) is 16.9 Å². The summed E-state index contributed by atoms with van der Waals surface area (Å²) in [4.78, 5) is 0. The third-order valence-corrected chi connectivity index (χ3v) is 4.44. The summed E-state index contributed by atoms with van der Waals surface area (Å²) in [6, 6.07) is 21.4. The third-order valence-electron chi connectivity index (χ3n) is 4.44. The van der Waals surface area contributed by atoms with E-state index in [4.69, 9.17) is 14.2 Å². The second kappa shape index (κ2) is 10.1. The van der Waals surface area contributed by atoms with Gasteiger partial charge in [-0.25, -0.2) is 4.39 Å². The van der Waals surface area contributed by atoms with Crippen LogP contribution in [0.4, 0.5) is 4.39 Å². The van der Waals surface area contributed by atoms with Crippen LogP contribution in [0, 0.1) is 17.1 Å². The molecule has 0 aliphatic carbocycles. The summed E-state index contributed by atoms with van der Waals surface area (Å²) in [5, 5.41) is 9.59. The van der Waals surface area contributed by atoms with Crippen molar-refractivity contribution >= 4 is 11.6 Å². The van der Waals surface area contributed by atoms with Gasteiger partial charge in [0.25, 0.3) is 0 Å². The van der Waals surface area contributed by atoms with Crippen molar-refractivity contribution in [3.8, 4) is 23.3 Å². The van der Waals surface area contributed by atoms with Crippen molar-refractivity contribution in [2.45, 2.75) is 13.5 Å². The standard InChI is InChI=1S/C25H22FNO3/c1-3-29-25-15-18(14-21(16-27)19-9-11-22(28-2)12-10-19)8-13-24(25)30-17-20-6-4-5-7-23(20)26/h4-15H,3,17H2,1-2H3/b21-14+. The zero-order valence-electron chi connectivity index (χ0n) is 16.9. The first kappa shape index (κ1) is 20.9. The zero-order chi connectivity index (χ0) is 21.3.